The highest BCUT2D eigenvalue weighted by Gasteiger charge is 2.43. The van der Waals surface area contributed by atoms with E-state index in [1.54, 1.807) is 41.3 Å². The molecule has 180 valence electrons. The predicted octanol–water partition coefficient (Wildman–Crippen LogP) is 4.20. The van der Waals surface area contributed by atoms with Crippen molar-refractivity contribution in [3.8, 4) is 0 Å². The number of rotatable bonds is 8. The van der Waals surface area contributed by atoms with Gasteiger partial charge in [0.25, 0.3) is 5.91 Å². The van der Waals surface area contributed by atoms with Crippen LogP contribution in [0.5, 0.6) is 0 Å². The zero-order valence-corrected chi connectivity index (χ0v) is 20.4. The Hall–Kier alpha value is -3.63. The number of amides is 2. The lowest BCUT2D eigenvalue weighted by molar-refractivity contribution is -0.131. The first-order valence-electron chi connectivity index (χ1n) is 10.7. The van der Waals surface area contributed by atoms with Crippen LogP contribution < -0.4 is 5.32 Å². The van der Waals surface area contributed by atoms with Gasteiger partial charge in [0, 0.05) is 10.6 Å². The van der Waals surface area contributed by atoms with Crippen molar-refractivity contribution < 1.29 is 23.5 Å². The molecule has 4 rings (SSSR count). The van der Waals surface area contributed by atoms with Gasteiger partial charge in [-0.3, -0.25) is 14.5 Å². The van der Waals surface area contributed by atoms with Gasteiger partial charge in [0.1, 0.15) is 11.9 Å². The quantitative estimate of drug-likeness (QED) is 0.361. The Morgan fingerprint density at radius 3 is 2.43 bits per heavy atom. The van der Waals surface area contributed by atoms with Crippen molar-refractivity contribution in [1.29, 1.82) is 0 Å². The fourth-order valence-corrected chi connectivity index (χ4v) is 4.80. The van der Waals surface area contributed by atoms with Gasteiger partial charge >= 0.3 is 5.97 Å². The highest BCUT2D eigenvalue weighted by molar-refractivity contribution is 7.80. The van der Waals surface area contributed by atoms with Gasteiger partial charge in [-0.15, -0.1) is 11.3 Å². The standard InChI is InChI=1S/C25H22FN3O4S2/c1-33-24(32)17-6-10-19(11-7-17)27-22(30)13-21-23(31)29(14-16-4-8-18(26)9-5-16)25(34)28(21)15-20-3-2-12-35-20/h2-12,21H,13-15H2,1H3,(H,27,30). The number of ether oxygens (including phenoxy) is 1. The Morgan fingerprint density at radius 2 is 1.80 bits per heavy atom. The summed E-state index contributed by atoms with van der Waals surface area (Å²) >= 11 is 7.17. The van der Waals surface area contributed by atoms with Crippen LogP contribution >= 0.6 is 23.6 Å². The number of carbonyl (C=O) groups excluding carboxylic acids is 3. The maximum atomic E-state index is 13.4. The van der Waals surface area contributed by atoms with Gasteiger partial charge in [-0.1, -0.05) is 18.2 Å². The van der Waals surface area contributed by atoms with Crippen LogP contribution in [0.2, 0.25) is 0 Å². The molecular weight excluding hydrogens is 489 g/mol. The van der Waals surface area contributed by atoms with Gasteiger partial charge < -0.3 is 15.0 Å². The van der Waals surface area contributed by atoms with Crippen LogP contribution in [0.15, 0.2) is 66.0 Å². The maximum absolute atomic E-state index is 13.4. The average molecular weight is 512 g/mol. The molecular formula is C25H22FN3O4S2. The molecule has 35 heavy (non-hydrogen) atoms. The van der Waals surface area contributed by atoms with Gasteiger partial charge in [0.05, 0.1) is 32.2 Å². The van der Waals surface area contributed by atoms with Crippen molar-refractivity contribution in [2.75, 3.05) is 12.4 Å². The normalized spacial score (nSPS) is 15.4. The number of nitrogens with one attached hydrogen (secondary N) is 1. The van der Waals surface area contributed by atoms with Crippen LogP contribution in [-0.4, -0.2) is 45.8 Å². The van der Waals surface area contributed by atoms with E-state index < -0.39 is 12.0 Å². The van der Waals surface area contributed by atoms with E-state index in [4.69, 9.17) is 12.2 Å². The number of esters is 1. The number of hydrogen-bond acceptors (Lipinski definition) is 6. The fourth-order valence-electron chi connectivity index (χ4n) is 3.75. The third-order valence-corrected chi connectivity index (χ3v) is 6.85. The number of benzene rings is 2. The molecule has 10 heteroatoms. The average Bonchev–Trinajstić information content (AvgIpc) is 3.44. The van der Waals surface area contributed by atoms with Crippen LogP contribution in [-0.2, 0) is 27.4 Å². The van der Waals surface area contributed by atoms with Gasteiger partial charge in [-0.05, 0) is 65.6 Å². The molecule has 1 aliphatic heterocycles. The Bertz CT molecular complexity index is 1230. The first kappa shape index (κ1) is 24.5. The molecule has 3 aromatic rings. The molecule has 1 atom stereocenters. The molecule has 2 amide bonds. The minimum Gasteiger partial charge on any atom is -0.465 e. The molecule has 0 radical (unpaired) electrons. The summed E-state index contributed by atoms with van der Waals surface area (Å²) in [5.74, 6) is -1.49. The molecule has 1 aliphatic rings. The summed E-state index contributed by atoms with van der Waals surface area (Å²) < 4.78 is 18.0. The van der Waals surface area contributed by atoms with E-state index in [1.165, 1.54) is 35.5 Å². The van der Waals surface area contributed by atoms with E-state index >= 15 is 0 Å². The zero-order chi connectivity index (χ0) is 24.9. The minimum absolute atomic E-state index is 0.108. The molecule has 1 fully saturated rings. The first-order chi connectivity index (χ1) is 16.9. The summed E-state index contributed by atoms with van der Waals surface area (Å²) in [4.78, 5) is 42.0. The van der Waals surface area contributed by atoms with Crippen LogP contribution in [0, 0.1) is 5.82 Å². The van der Waals surface area contributed by atoms with Crippen LogP contribution in [0.4, 0.5) is 10.1 Å². The molecule has 2 aromatic carbocycles. The number of thiophene rings is 1. The molecule has 1 saturated heterocycles. The molecule has 0 spiro atoms. The highest BCUT2D eigenvalue weighted by Crippen LogP contribution is 2.27. The van der Waals surface area contributed by atoms with Crippen LogP contribution in [0.25, 0.3) is 0 Å². The summed E-state index contributed by atoms with van der Waals surface area (Å²) in [6.45, 7) is 0.583. The van der Waals surface area contributed by atoms with Crippen LogP contribution in [0.1, 0.15) is 27.2 Å². The molecule has 1 aromatic heterocycles. The Morgan fingerprint density at radius 1 is 1.09 bits per heavy atom. The second-order valence-corrected chi connectivity index (χ2v) is 9.28. The lowest BCUT2D eigenvalue weighted by Gasteiger charge is -2.23. The van der Waals surface area contributed by atoms with E-state index in [0.717, 1.165) is 10.4 Å². The number of nitrogens with zero attached hydrogens (tertiary/aromatic N) is 2. The SMILES string of the molecule is COC(=O)c1ccc(NC(=O)CC2C(=O)N(Cc3ccc(F)cc3)C(=S)N2Cc2cccs2)cc1. The third kappa shape index (κ3) is 5.72. The molecule has 2 heterocycles. The largest absolute Gasteiger partial charge is 0.465 e. The molecule has 7 nitrogen and oxygen atoms in total. The van der Waals surface area contributed by atoms with E-state index in [0.29, 0.717) is 22.9 Å². The summed E-state index contributed by atoms with van der Waals surface area (Å²) in [6, 6.07) is 15.2. The summed E-state index contributed by atoms with van der Waals surface area (Å²) in [5, 5.41) is 5.03. The van der Waals surface area contributed by atoms with Gasteiger partial charge in [0.2, 0.25) is 5.91 Å². The predicted molar refractivity (Wildman–Crippen MR) is 134 cm³/mol. The molecule has 1 unspecified atom stereocenters. The van der Waals surface area contributed by atoms with Crippen molar-refractivity contribution in [1.82, 2.24) is 9.80 Å². The lowest BCUT2D eigenvalue weighted by Crippen LogP contribution is -2.37. The maximum Gasteiger partial charge on any atom is 0.337 e. The lowest BCUT2D eigenvalue weighted by atomic mass is 10.1. The Balaban J connectivity index is 1.50. The summed E-state index contributed by atoms with van der Waals surface area (Å²) in [6.07, 6.45) is -0.108. The van der Waals surface area contributed by atoms with Crippen molar-refractivity contribution in [2.24, 2.45) is 0 Å². The third-order valence-electron chi connectivity index (χ3n) is 5.53. The number of hydrogen-bond donors (Lipinski definition) is 1. The van der Waals surface area contributed by atoms with Crippen molar-refractivity contribution >= 4 is 52.1 Å². The number of methoxy groups -OCH3 is 1. The van der Waals surface area contributed by atoms with Crippen molar-refractivity contribution in [3.05, 3.63) is 87.9 Å². The number of thiocarbonyl (C=S) groups is 1. The van der Waals surface area contributed by atoms with Gasteiger partial charge in [-0.25, -0.2) is 9.18 Å². The first-order valence-corrected chi connectivity index (χ1v) is 12.0. The van der Waals surface area contributed by atoms with Gasteiger partial charge in [0.15, 0.2) is 5.11 Å². The van der Waals surface area contributed by atoms with E-state index in [9.17, 15) is 18.8 Å². The van der Waals surface area contributed by atoms with Crippen molar-refractivity contribution in [2.45, 2.75) is 25.6 Å². The Kier molecular flexibility index (Phi) is 7.52. The minimum atomic E-state index is -0.778. The van der Waals surface area contributed by atoms with Crippen molar-refractivity contribution in [3.63, 3.8) is 0 Å². The molecule has 0 saturated carbocycles. The molecule has 0 aliphatic carbocycles. The monoisotopic (exact) mass is 511 g/mol. The second kappa shape index (κ2) is 10.7. The topological polar surface area (TPSA) is 78.9 Å². The molecule has 1 N–H and O–H groups in total. The highest BCUT2D eigenvalue weighted by atomic mass is 32.1. The van der Waals surface area contributed by atoms with E-state index in [-0.39, 0.29) is 30.6 Å². The number of halogens is 1. The number of carbonyl (C=O) groups is 3. The van der Waals surface area contributed by atoms with Gasteiger partial charge in [-0.2, -0.15) is 0 Å². The zero-order valence-electron chi connectivity index (χ0n) is 18.8. The van der Waals surface area contributed by atoms with E-state index in [1.807, 2.05) is 17.5 Å². The van der Waals surface area contributed by atoms with E-state index in [2.05, 4.69) is 10.1 Å². The Labute approximate surface area is 211 Å². The fraction of sp³-hybridized carbons (Fsp3) is 0.200. The second-order valence-electron chi connectivity index (χ2n) is 7.88. The van der Waals surface area contributed by atoms with Crippen LogP contribution in [0.3, 0.4) is 0 Å². The molecule has 0 bridgehead atoms. The smallest absolute Gasteiger partial charge is 0.337 e. The summed E-state index contributed by atoms with van der Waals surface area (Å²) in [7, 11) is 1.29. The number of anilines is 1. The summed E-state index contributed by atoms with van der Waals surface area (Å²) in [5.41, 5.74) is 1.58.